The molecule has 102 valence electrons. The van der Waals surface area contributed by atoms with Crippen molar-refractivity contribution in [2.75, 3.05) is 11.2 Å². The highest BCUT2D eigenvalue weighted by atomic mass is 35.5. The Hall–Kier alpha value is -1.58. The molecule has 1 aromatic heterocycles. The molecule has 1 aromatic carbocycles. The third-order valence-electron chi connectivity index (χ3n) is 3.43. The lowest BCUT2D eigenvalue weighted by molar-refractivity contribution is -0.110. The number of alkyl halides is 1. The molecule has 1 aliphatic heterocycles. The lowest BCUT2D eigenvalue weighted by Gasteiger charge is -2.03. The molecule has 1 aliphatic rings. The van der Waals surface area contributed by atoms with Gasteiger partial charge in [0.2, 0.25) is 0 Å². The van der Waals surface area contributed by atoms with Crippen molar-refractivity contribution in [2.24, 2.45) is 0 Å². The fraction of sp³-hybridized carbons (Fsp3) is 0.188. The fourth-order valence-corrected chi connectivity index (χ4v) is 3.38. The summed E-state index contributed by atoms with van der Waals surface area (Å²) in [6.07, 6.45) is 2.79. The zero-order chi connectivity index (χ0) is 14.1. The molecule has 0 fully saturated rings. The minimum atomic E-state index is -0.0316. The Morgan fingerprint density at radius 3 is 2.90 bits per heavy atom. The number of hydrogen-bond acceptors (Lipinski definition) is 2. The number of anilines is 1. The van der Waals surface area contributed by atoms with Crippen LogP contribution in [0.25, 0.3) is 11.6 Å². The molecule has 0 saturated heterocycles. The Morgan fingerprint density at radius 1 is 1.35 bits per heavy atom. The van der Waals surface area contributed by atoms with Crippen molar-refractivity contribution in [3.8, 4) is 0 Å². The molecule has 4 heteroatoms. The topological polar surface area (TPSA) is 29.1 Å². The van der Waals surface area contributed by atoms with Crippen LogP contribution in [0.15, 0.2) is 29.6 Å². The monoisotopic (exact) mass is 303 g/mol. The molecule has 0 bridgehead atoms. The lowest BCUT2D eigenvalue weighted by Crippen LogP contribution is -2.03. The number of halogens is 1. The summed E-state index contributed by atoms with van der Waals surface area (Å²) in [6, 6.07) is 8.09. The van der Waals surface area contributed by atoms with Gasteiger partial charge in [0.15, 0.2) is 0 Å². The van der Waals surface area contributed by atoms with Crippen LogP contribution in [0.4, 0.5) is 5.69 Å². The van der Waals surface area contributed by atoms with E-state index in [-0.39, 0.29) is 5.91 Å². The SMILES string of the molecule is Cc1ccsc1C=C1C(=O)Nc2ccc(CCCl)cc21. The van der Waals surface area contributed by atoms with Gasteiger partial charge < -0.3 is 5.32 Å². The van der Waals surface area contributed by atoms with Crippen molar-refractivity contribution in [3.63, 3.8) is 0 Å². The smallest absolute Gasteiger partial charge is 0.256 e. The highest BCUT2D eigenvalue weighted by Gasteiger charge is 2.24. The van der Waals surface area contributed by atoms with Gasteiger partial charge in [-0.1, -0.05) is 6.07 Å². The molecule has 0 unspecified atom stereocenters. The van der Waals surface area contributed by atoms with Crippen LogP contribution in [0, 0.1) is 6.92 Å². The Labute approximate surface area is 127 Å². The Bertz CT molecular complexity index is 702. The third kappa shape index (κ3) is 2.39. The molecule has 0 atom stereocenters. The van der Waals surface area contributed by atoms with E-state index < -0.39 is 0 Å². The van der Waals surface area contributed by atoms with Gasteiger partial charge in [0.25, 0.3) is 5.91 Å². The van der Waals surface area contributed by atoms with Gasteiger partial charge in [-0.3, -0.25) is 4.79 Å². The number of rotatable bonds is 3. The Kier molecular flexibility index (Phi) is 3.64. The minimum Gasteiger partial charge on any atom is -0.321 e. The maximum Gasteiger partial charge on any atom is 0.256 e. The van der Waals surface area contributed by atoms with Crippen LogP contribution in [-0.2, 0) is 11.2 Å². The minimum absolute atomic E-state index is 0.0316. The molecular formula is C16H14ClNOS. The van der Waals surface area contributed by atoms with Crippen LogP contribution >= 0.6 is 22.9 Å². The average molecular weight is 304 g/mol. The van der Waals surface area contributed by atoms with Crippen molar-refractivity contribution in [2.45, 2.75) is 13.3 Å². The predicted octanol–water partition coefficient (Wildman–Crippen LogP) is 4.33. The van der Waals surface area contributed by atoms with Crippen LogP contribution in [0.2, 0.25) is 0 Å². The first kappa shape index (κ1) is 13.4. The zero-order valence-electron chi connectivity index (χ0n) is 11.1. The van der Waals surface area contributed by atoms with Crippen LogP contribution in [0.5, 0.6) is 0 Å². The van der Waals surface area contributed by atoms with Gasteiger partial charge in [-0.25, -0.2) is 0 Å². The largest absolute Gasteiger partial charge is 0.321 e. The highest BCUT2D eigenvalue weighted by Crippen LogP contribution is 2.35. The van der Waals surface area contributed by atoms with E-state index in [0.29, 0.717) is 5.88 Å². The number of hydrogen-bond donors (Lipinski definition) is 1. The van der Waals surface area contributed by atoms with Gasteiger partial charge in [-0.15, -0.1) is 22.9 Å². The van der Waals surface area contributed by atoms with E-state index in [9.17, 15) is 4.79 Å². The van der Waals surface area contributed by atoms with Crippen molar-refractivity contribution in [1.82, 2.24) is 0 Å². The molecule has 20 heavy (non-hydrogen) atoms. The molecular weight excluding hydrogens is 290 g/mol. The van der Waals surface area contributed by atoms with Gasteiger partial charge in [-0.2, -0.15) is 0 Å². The van der Waals surface area contributed by atoms with E-state index in [2.05, 4.69) is 24.4 Å². The first-order valence-corrected chi connectivity index (χ1v) is 7.87. The molecule has 2 aromatic rings. The van der Waals surface area contributed by atoms with Gasteiger partial charge >= 0.3 is 0 Å². The van der Waals surface area contributed by atoms with Gasteiger partial charge in [0.05, 0.1) is 5.57 Å². The van der Waals surface area contributed by atoms with Crippen LogP contribution < -0.4 is 5.32 Å². The van der Waals surface area contributed by atoms with Crippen LogP contribution in [-0.4, -0.2) is 11.8 Å². The summed E-state index contributed by atoms with van der Waals surface area (Å²) >= 11 is 7.44. The molecule has 0 aliphatic carbocycles. The van der Waals surface area contributed by atoms with E-state index in [4.69, 9.17) is 11.6 Å². The molecule has 2 heterocycles. The number of aryl methyl sites for hydroxylation is 2. The van der Waals surface area contributed by atoms with Gasteiger partial charge in [0, 0.05) is 22.0 Å². The van der Waals surface area contributed by atoms with E-state index >= 15 is 0 Å². The number of carbonyl (C=O) groups is 1. The predicted molar refractivity (Wildman–Crippen MR) is 86.4 cm³/mol. The first-order chi connectivity index (χ1) is 9.69. The second-order valence-corrected chi connectivity index (χ2v) is 6.12. The maximum absolute atomic E-state index is 12.1. The number of benzene rings is 1. The molecule has 0 radical (unpaired) electrons. The van der Waals surface area contributed by atoms with Gasteiger partial charge in [0.1, 0.15) is 0 Å². The van der Waals surface area contributed by atoms with E-state index in [1.54, 1.807) is 11.3 Å². The van der Waals surface area contributed by atoms with Gasteiger partial charge in [-0.05, 0) is 54.1 Å². The molecule has 0 spiro atoms. The molecule has 0 saturated carbocycles. The summed E-state index contributed by atoms with van der Waals surface area (Å²) in [6.45, 7) is 2.06. The summed E-state index contributed by atoms with van der Waals surface area (Å²) < 4.78 is 0. The van der Waals surface area contributed by atoms with E-state index in [1.807, 2.05) is 23.6 Å². The van der Waals surface area contributed by atoms with Crippen molar-refractivity contribution >= 4 is 46.2 Å². The second kappa shape index (κ2) is 5.43. The van der Waals surface area contributed by atoms with Crippen molar-refractivity contribution in [1.29, 1.82) is 0 Å². The Morgan fingerprint density at radius 2 is 2.20 bits per heavy atom. The summed E-state index contributed by atoms with van der Waals surface area (Å²) in [5, 5.41) is 4.95. The second-order valence-electron chi connectivity index (χ2n) is 4.80. The average Bonchev–Trinajstić information content (AvgIpc) is 2.96. The summed E-state index contributed by atoms with van der Waals surface area (Å²) in [7, 11) is 0. The summed E-state index contributed by atoms with van der Waals surface area (Å²) in [5.74, 6) is 0.555. The lowest BCUT2D eigenvalue weighted by atomic mass is 10.0. The highest BCUT2D eigenvalue weighted by molar-refractivity contribution is 7.11. The zero-order valence-corrected chi connectivity index (χ0v) is 12.6. The summed E-state index contributed by atoms with van der Waals surface area (Å²) in [5.41, 5.74) is 4.95. The van der Waals surface area contributed by atoms with E-state index in [0.717, 1.165) is 33.7 Å². The molecule has 2 nitrogen and oxygen atoms in total. The number of thiophene rings is 1. The van der Waals surface area contributed by atoms with Crippen molar-refractivity contribution in [3.05, 3.63) is 51.2 Å². The van der Waals surface area contributed by atoms with E-state index in [1.165, 1.54) is 5.56 Å². The third-order valence-corrected chi connectivity index (χ3v) is 4.58. The first-order valence-electron chi connectivity index (χ1n) is 6.45. The molecule has 1 N–H and O–H groups in total. The summed E-state index contributed by atoms with van der Waals surface area (Å²) in [4.78, 5) is 13.3. The number of nitrogens with one attached hydrogen (secondary N) is 1. The fourth-order valence-electron chi connectivity index (χ4n) is 2.31. The van der Waals surface area contributed by atoms with Crippen LogP contribution in [0.1, 0.15) is 21.6 Å². The molecule has 3 rings (SSSR count). The Balaban J connectivity index is 2.06. The number of amides is 1. The molecule has 1 amide bonds. The number of fused-ring (bicyclic) bond motifs is 1. The number of carbonyl (C=O) groups excluding carboxylic acids is 1. The normalized spacial score (nSPS) is 15.5. The maximum atomic E-state index is 12.1. The quantitative estimate of drug-likeness (QED) is 0.663. The van der Waals surface area contributed by atoms with Crippen LogP contribution in [0.3, 0.4) is 0 Å². The van der Waals surface area contributed by atoms with Crippen molar-refractivity contribution < 1.29 is 4.79 Å². The standard InChI is InChI=1S/C16H14ClNOS/c1-10-5-7-20-15(10)9-13-12-8-11(4-6-17)2-3-14(12)18-16(13)19/h2-3,5,7-9H,4,6H2,1H3,(H,18,19).